The molecule has 32 heavy (non-hydrogen) atoms. The molecule has 3 aromatic carbocycles. The summed E-state index contributed by atoms with van der Waals surface area (Å²) < 4.78 is 0. The van der Waals surface area contributed by atoms with E-state index < -0.39 is 17.8 Å². The highest BCUT2D eigenvalue weighted by Crippen LogP contribution is 2.19. The lowest BCUT2D eigenvalue weighted by atomic mass is 10.1. The fourth-order valence-corrected chi connectivity index (χ4v) is 3.44. The highest BCUT2D eigenvalue weighted by Gasteiger charge is 2.26. The van der Waals surface area contributed by atoms with Gasteiger partial charge in [-0.1, -0.05) is 66.7 Å². The average Bonchev–Trinajstić information content (AvgIpc) is 2.76. The second kappa shape index (κ2) is 10.5. The van der Waals surface area contributed by atoms with E-state index in [0.29, 0.717) is 5.69 Å². The van der Waals surface area contributed by atoms with Gasteiger partial charge in [0.25, 0.3) is 0 Å². The van der Waals surface area contributed by atoms with Crippen LogP contribution < -0.4 is 5.32 Å². The first-order valence-electron chi connectivity index (χ1n) is 9.93. The van der Waals surface area contributed by atoms with Gasteiger partial charge < -0.3 is 10.4 Å². The molecule has 0 bridgehead atoms. The van der Waals surface area contributed by atoms with Crippen LogP contribution in [0.4, 0.5) is 5.69 Å². The maximum Gasteiger partial charge on any atom is 0.335 e. The summed E-state index contributed by atoms with van der Waals surface area (Å²) in [4.78, 5) is 38.5. The number of imide groups is 1. The zero-order valence-corrected chi connectivity index (χ0v) is 18.3. The minimum Gasteiger partial charge on any atom is -0.478 e. The Labute approximate surface area is 191 Å². The Bertz CT molecular complexity index is 1090. The van der Waals surface area contributed by atoms with Crippen molar-refractivity contribution in [3.63, 3.8) is 0 Å². The Morgan fingerprint density at radius 2 is 1.34 bits per heavy atom. The van der Waals surface area contributed by atoms with E-state index in [9.17, 15) is 19.5 Å². The maximum atomic E-state index is 13.1. The van der Waals surface area contributed by atoms with Crippen LogP contribution in [0.2, 0.25) is 0 Å². The van der Waals surface area contributed by atoms with Crippen molar-refractivity contribution >= 4 is 40.8 Å². The fraction of sp³-hybridized carbons (Fsp3) is 0.120. The minimum absolute atomic E-state index is 0.00264. The molecule has 0 unspecified atom stereocenters. The van der Waals surface area contributed by atoms with Gasteiger partial charge in [-0.2, -0.15) is 0 Å². The van der Waals surface area contributed by atoms with E-state index in [-0.39, 0.29) is 23.5 Å². The molecular formula is C25H22N2O4S. The van der Waals surface area contributed by atoms with Crippen LogP contribution in [-0.4, -0.2) is 32.9 Å². The number of benzene rings is 3. The molecule has 0 aliphatic carbocycles. The molecule has 0 radical (unpaired) electrons. The summed E-state index contributed by atoms with van der Waals surface area (Å²) >= 11 is 5.44. The predicted octanol–water partition coefficient (Wildman–Crippen LogP) is 4.23. The van der Waals surface area contributed by atoms with Crippen molar-refractivity contribution in [1.29, 1.82) is 0 Å². The quantitative estimate of drug-likeness (QED) is 0.551. The fourth-order valence-electron chi connectivity index (χ4n) is 3.13. The van der Waals surface area contributed by atoms with Crippen molar-refractivity contribution in [1.82, 2.24) is 4.90 Å². The van der Waals surface area contributed by atoms with E-state index in [0.717, 1.165) is 21.6 Å². The normalized spacial score (nSPS) is 10.3. The smallest absolute Gasteiger partial charge is 0.335 e. The third-order valence-electron chi connectivity index (χ3n) is 4.82. The van der Waals surface area contributed by atoms with E-state index in [1.54, 1.807) is 37.3 Å². The summed E-state index contributed by atoms with van der Waals surface area (Å²) in [5.41, 5.74) is 2.71. The van der Waals surface area contributed by atoms with Crippen molar-refractivity contribution in [3.8, 4) is 0 Å². The molecule has 0 aliphatic heterocycles. The largest absolute Gasteiger partial charge is 0.478 e. The topological polar surface area (TPSA) is 86.7 Å². The highest BCUT2D eigenvalue weighted by atomic mass is 32.1. The summed E-state index contributed by atoms with van der Waals surface area (Å²) in [6, 6.07) is 22.7. The van der Waals surface area contributed by atoms with Crippen molar-refractivity contribution in [2.75, 3.05) is 5.32 Å². The molecule has 2 N–H and O–H groups in total. The van der Waals surface area contributed by atoms with Gasteiger partial charge in [0, 0.05) is 5.69 Å². The van der Waals surface area contributed by atoms with Gasteiger partial charge in [0.15, 0.2) is 5.11 Å². The van der Waals surface area contributed by atoms with Crippen molar-refractivity contribution in [2.24, 2.45) is 0 Å². The van der Waals surface area contributed by atoms with Crippen molar-refractivity contribution in [3.05, 3.63) is 101 Å². The van der Waals surface area contributed by atoms with Crippen molar-refractivity contribution < 1.29 is 19.5 Å². The van der Waals surface area contributed by atoms with E-state index in [4.69, 9.17) is 12.2 Å². The number of hydrogen-bond acceptors (Lipinski definition) is 4. The van der Waals surface area contributed by atoms with Gasteiger partial charge in [-0.3, -0.25) is 9.59 Å². The third-order valence-corrected chi connectivity index (χ3v) is 5.11. The molecule has 0 atom stereocenters. The van der Waals surface area contributed by atoms with Gasteiger partial charge in [0.2, 0.25) is 11.8 Å². The molecule has 0 spiro atoms. The number of anilines is 1. The van der Waals surface area contributed by atoms with Crippen LogP contribution >= 0.6 is 12.2 Å². The van der Waals surface area contributed by atoms with Gasteiger partial charge in [-0.25, -0.2) is 9.69 Å². The lowest BCUT2D eigenvalue weighted by molar-refractivity contribution is -0.138. The lowest BCUT2D eigenvalue weighted by Gasteiger charge is -2.23. The molecule has 7 heteroatoms. The van der Waals surface area contributed by atoms with Crippen LogP contribution in [0.1, 0.15) is 27.0 Å². The number of amides is 2. The number of thiocarbonyl (C=S) groups is 1. The van der Waals surface area contributed by atoms with Crippen LogP contribution in [0.3, 0.4) is 0 Å². The van der Waals surface area contributed by atoms with Gasteiger partial charge in [0.05, 0.1) is 18.4 Å². The Balaban J connectivity index is 1.87. The molecule has 0 saturated carbocycles. The number of aromatic carboxylic acids is 1. The lowest BCUT2D eigenvalue weighted by Crippen LogP contribution is -2.45. The number of carbonyl (C=O) groups excluding carboxylic acids is 2. The van der Waals surface area contributed by atoms with Crippen LogP contribution in [0.5, 0.6) is 0 Å². The summed E-state index contributed by atoms with van der Waals surface area (Å²) in [6.07, 6.45) is -0.00528. The molecule has 0 heterocycles. The van der Waals surface area contributed by atoms with Gasteiger partial charge >= 0.3 is 5.97 Å². The first-order chi connectivity index (χ1) is 15.3. The van der Waals surface area contributed by atoms with Crippen LogP contribution in [0.25, 0.3) is 0 Å². The van der Waals surface area contributed by atoms with E-state index in [1.807, 2.05) is 36.4 Å². The zero-order chi connectivity index (χ0) is 23.1. The second-order valence-corrected chi connectivity index (χ2v) is 7.60. The second-order valence-electron chi connectivity index (χ2n) is 7.21. The Hall–Kier alpha value is -3.84. The molecule has 162 valence electrons. The number of nitrogens with zero attached hydrogens (tertiary/aromatic N) is 1. The predicted molar refractivity (Wildman–Crippen MR) is 127 cm³/mol. The number of carboxylic acid groups (broad SMARTS) is 1. The standard InChI is InChI=1S/C25H22N2O4S/c1-17-12-13-20(24(30)31)16-21(17)26-25(32)27(22(28)14-18-8-4-2-5-9-18)23(29)15-19-10-6-3-7-11-19/h2-13,16H,14-15H2,1H3,(H,26,32)(H,30,31). The number of carbonyl (C=O) groups is 3. The molecule has 0 aromatic heterocycles. The Morgan fingerprint density at radius 3 is 1.81 bits per heavy atom. The number of carboxylic acids is 1. The number of rotatable bonds is 6. The maximum absolute atomic E-state index is 13.1. The SMILES string of the molecule is Cc1ccc(C(=O)O)cc1NC(=S)N(C(=O)Cc1ccccc1)C(=O)Cc1ccccc1. The first-order valence-corrected chi connectivity index (χ1v) is 10.3. The van der Waals surface area contributed by atoms with E-state index in [1.165, 1.54) is 12.1 Å². The summed E-state index contributed by atoms with van der Waals surface area (Å²) in [5.74, 6) is -2.03. The monoisotopic (exact) mass is 446 g/mol. The summed E-state index contributed by atoms with van der Waals surface area (Å²) in [7, 11) is 0. The molecule has 2 amide bonds. The summed E-state index contributed by atoms with van der Waals surface area (Å²) in [6.45, 7) is 1.78. The van der Waals surface area contributed by atoms with Crippen LogP contribution in [0.15, 0.2) is 78.9 Å². The Morgan fingerprint density at radius 1 is 0.844 bits per heavy atom. The molecule has 6 nitrogen and oxygen atoms in total. The molecule has 3 aromatic rings. The average molecular weight is 447 g/mol. The molecule has 0 fully saturated rings. The molecule has 0 aliphatic rings. The number of hydrogen-bond donors (Lipinski definition) is 2. The first kappa shape index (κ1) is 22.8. The molecule has 3 rings (SSSR count). The number of nitrogens with one attached hydrogen (secondary N) is 1. The molecular weight excluding hydrogens is 424 g/mol. The van der Waals surface area contributed by atoms with Crippen molar-refractivity contribution in [2.45, 2.75) is 19.8 Å². The number of aryl methyl sites for hydroxylation is 1. The van der Waals surface area contributed by atoms with E-state index >= 15 is 0 Å². The Kier molecular flexibility index (Phi) is 7.46. The zero-order valence-electron chi connectivity index (χ0n) is 17.4. The molecule has 0 saturated heterocycles. The summed E-state index contributed by atoms with van der Waals surface area (Å²) in [5, 5.41) is 12.1. The highest BCUT2D eigenvalue weighted by molar-refractivity contribution is 7.80. The van der Waals surface area contributed by atoms with Gasteiger partial charge in [0.1, 0.15) is 0 Å². The van der Waals surface area contributed by atoms with Gasteiger partial charge in [-0.05, 0) is 48.0 Å². The van der Waals surface area contributed by atoms with Crippen LogP contribution in [0, 0.1) is 6.92 Å². The van der Waals surface area contributed by atoms with Gasteiger partial charge in [-0.15, -0.1) is 0 Å². The third kappa shape index (κ3) is 5.86. The van der Waals surface area contributed by atoms with Crippen LogP contribution in [-0.2, 0) is 22.4 Å². The minimum atomic E-state index is -1.09. The van der Waals surface area contributed by atoms with E-state index in [2.05, 4.69) is 5.32 Å².